The monoisotopic (exact) mass is 257 g/mol. The van der Waals surface area contributed by atoms with Crippen LogP contribution in [0, 0.1) is 5.92 Å². The van der Waals surface area contributed by atoms with E-state index in [1.165, 1.54) is 44.2 Å². The molecule has 1 saturated heterocycles. The Morgan fingerprint density at radius 3 is 3.05 bits per heavy atom. The summed E-state index contributed by atoms with van der Waals surface area (Å²) in [4.78, 5) is 2.57. The largest absolute Gasteiger partial charge is 0.508 e. The molecule has 0 unspecified atom stereocenters. The first-order valence-corrected chi connectivity index (χ1v) is 7.73. The summed E-state index contributed by atoms with van der Waals surface area (Å²) in [5.41, 5.74) is 3.41. The van der Waals surface area contributed by atoms with Gasteiger partial charge in [0, 0.05) is 11.5 Å². The summed E-state index contributed by atoms with van der Waals surface area (Å²) in [6.07, 6.45) is 7.99. The molecule has 3 aliphatic rings. The average molecular weight is 257 g/mol. The van der Waals surface area contributed by atoms with Crippen molar-refractivity contribution in [3.63, 3.8) is 0 Å². The van der Waals surface area contributed by atoms with E-state index in [1.807, 2.05) is 12.1 Å². The summed E-state index contributed by atoms with van der Waals surface area (Å²) in [5, 5.41) is 9.80. The Hall–Kier alpha value is -1.02. The molecule has 2 fully saturated rings. The lowest BCUT2D eigenvalue weighted by atomic mass is 9.52. The van der Waals surface area contributed by atoms with Crippen LogP contribution >= 0.6 is 0 Å². The number of likely N-dealkylation sites (N-methyl/N-ethyl adjacent to an activating group) is 1. The van der Waals surface area contributed by atoms with E-state index in [1.54, 1.807) is 5.56 Å². The lowest BCUT2D eigenvalue weighted by Gasteiger charge is -2.58. The van der Waals surface area contributed by atoms with Crippen molar-refractivity contribution in [3.05, 3.63) is 29.3 Å². The number of piperidine rings is 1. The van der Waals surface area contributed by atoms with Gasteiger partial charge in [0.1, 0.15) is 5.75 Å². The molecule has 4 rings (SSSR count). The first-order valence-electron chi connectivity index (χ1n) is 7.73. The number of phenolic OH excluding ortho intramolecular Hbond substituents is 1. The van der Waals surface area contributed by atoms with E-state index in [-0.39, 0.29) is 0 Å². The van der Waals surface area contributed by atoms with E-state index in [9.17, 15) is 5.11 Å². The molecule has 1 N–H and O–H groups in total. The topological polar surface area (TPSA) is 23.5 Å². The number of benzene rings is 1. The number of hydrogen-bond donors (Lipinski definition) is 1. The summed E-state index contributed by atoms with van der Waals surface area (Å²) in [7, 11) is 2.29. The Balaban J connectivity index is 1.90. The van der Waals surface area contributed by atoms with Crippen LogP contribution in [0.1, 0.15) is 43.2 Å². The Labute approximate surface area is 115 Å². The summed E-state index contributed by atoms with van der Waals surface area (Å²) < 4.78 is 0. The summed E-state index contributed by atoms with van der Waals surface area (Å²) >= 11 is 0. The van der Waals surface area contributed by atoms with Gasteiger partial charge in [-0.1, -0.05) is 18.9 Å². The summed E-state index contributed by atoms with van der Waals surface area (Å²) in [6, 6.07) is 6.85. The van der Waals surface area contributed by atoms with Crippen LogP contribution in [-0.4, -0.2) is 29.6 Å². The van der Waals surface area contributed by atoms with E-state index >= 15 is 0 Å². The number of rotatable bonds is 0. The number of fused-ring (bicyclic) bond motifs is 1. The van der Waals surface area contributed by atoms with E-state index in [4.69, 9.17) is 0 Å². The molecule has 1 aromatic rings. The SMILES string of the molecule is CN1CC[C@@]23CCCC[C@H]2[C@@H]1Cc1cc(O)ccc13. The van der Waals surface area contributed by atoms with Crippen LogP contribution in [0.2, 0.25) is 0 Å². The fraction of sp³-hybridized carbons (Fsp3) is 0.647. The van der Waals surface area contributed by atoms with Gasteiger partial charge in [0.2, 0.25) is 0 Å². The van der Waals surface area contributed by atoms with Crippen LogP contribution in [0.15, 0.2) is 18.2 Å². The van der Waals surface area contributed by atoms with Gasteiger partial charge >= 0.3 is 0 Å². The maximum atomic E-state index is 9.80. The summed E-state index contributed by atoms with van der Waals surface area (Å²) in [5.74, 6) is 1.28. The van der Waals surface area contributed by atoms with Gasteiger partial charge in [0.05, 0.1) is 0 Å². The molecule has 2 heteroatoms. The number of aromatic hydroxyl groups is 1. The Morgan fingerprint density at radius 2 is 2.16 bits per heavy atom. The maximum absolute atomic E-state index is 9.80. The number of nitrogens with zero attached hydrogens (tertiary/aromatic N) is 1. The molecule has 1 heterocycles. The molecule has 19 heavy (non-hydrogen) atoms. The molecule has 1 saturated carbocycles. The van der Waals surface area contributed by atoms with E-state index in [0.717, 1.165) is 12.3 Å². The molecular weight excluding hydrogens is 234 g/mol. The van der Waals surface area contributed by atoms with Crippen LogP contribution in [0.4, 0.5) is 0 Å². The highest BCUT2D eigenvalue weighted by atomic mass is 16.3. The standard InChI is InChI=1S/C17H23NO/c1-18-9-8-17-7-3-2-4-15(17)16(18)11-12-10-13(19)5-6-14(12)17/h5-6,10,15-16,19H,2-4,7-9,11H2,1H3/t15-,16-,17+/m0/s1. The van der Waals surface area contributed by atoms with Gasteiger partial charge in [-0.15, -0.1) is 0 Å². The minimum Gasteiger partial charge on any atom is -0.508 e. The zero-order chi connectivity index (χ0) is 13.0. The van der Waals surface area contributed by atoms with Crippen molar-refractivity contribution in [2.24, 2.45) is 5.92 Å². The van der Waals surface area contributed by atoms with E-state index in [0.29, 0.717) is 17.2 Å². The molecule has 2 bridgehead atoms. The van der Waals surface area contributed by atoms with Crippen molar-refractivity contribution in [2.45, 2.75) is 50.0 Å². The Bertz CT molecular complexity index is 512. The average Bonchev–Trinajstić information content (AvgIpc) is 2.42. The van der Waals surface area contributed by atoms with Crippen molar-refractivity contribution in [1.82, 2.24) is 4.90 Å². The molecule has 2 aliphatic carbocycles. The smallest absolute Gasteiger partial charge is 0.115 e. The van der Waals surface area contributed by atoms with Gasteiger partial charge in [0.25, 0.3) is 0 Å². The molecule has 2 nitrogen and oxygen atoms in total. The minimum absolute atomic E-state index is 0.427. The van der Waals surface area contributed by atoms with Crippen LogP contribution < -0.4 is 0 Å². The highest BCUT2D eigenvalue weighted by Crippen LogP contribution is 2.55. The van der Waals surface area contributed by atoms with E-state index < -0.39 is 0 Å². The lowest BCUT2D eigenvalue weighted by molar-refractivity contribution is 0.00280. The first-order chi connectivity index (χ1) is 9.21. The van der Waals surface area contributed by atoms with Crippen LogP contribution in [0.5, 0.6) is 5.75 Å². The molecule has 102 valence electrons. The number of phenols is 1. The Morgan fingerprint density at radius 1 is 1.26 bits per heavy atom. The minimum atomic E-state index is 0.427. The fourth-order valence-electron chi connectivity index (χ4n) is 5.21. The molecule has 0 aromatic heterocycles. The maximum Gasteiger partial charge on any atom is 0.115 e. The molecule has 1 aromatic carbocycles. The third-order valence-corrected chi connectivity index (χ3v) is 6.09. The zero-order valence-electron chi connectivity index (χ0n) is 11.7. The highest BCUT2D eigenvalue weighted by Gasteiger charge is 2.52. The van der Waals surface area contributed by atoms with Gasteiger partial charge < -0.3 is 10.0 Å². The van der Waals surface area contributed by atoms with Gasteiger partial charge in [-0.25, -0.2) is 0 Å². The van der Waals surface area contributed by atoms with E-state index in [2.05, 4.69) is 18.0 Å². The molecule has 1 aliphatic heterocycles. The second-order valence-corrected chi connectivity index (χ2v) is 6.85. The fourth-order valence-corrected chi connectivity index (χ4v) is 5.21. The predicted molar refractivity (Wildman–Crippen MR) is 76.5 cm³/mol. The van der Waals surface area contributed by atoms with Gasteiger partial charge in [-0.3, -0.25) is 0 Å². The molecule has 0 radical (unpaired) electrons. The second kappa shape index (κ2) is 3.99. The van der Waals surface area contributed by atoms with Crippen molar-refractivity contribution in [1.29, 1.82) is 0 Å². The zero-order valence-corrected chi connectivity index (χ0v) is 11.7. The molecule has 3 atom stereocenters. The number of likely N-dealkylation sites (tertiary alicyclic amines) is 1. The van der Waals surface area contributed by atoms with Gasteiger partial charge in [-0.2, -0.15) is 0 Å². The van der Waals surface area contributed by atoms with Crippen molar-refractivity contribution < 1.29 is 5.11 Å². The first kappa shape index (κ1) is 11.8. The predicted octanol–water partition coefficient (Wildman–Crippen LogP) is 3.08. The lowest BCUT2D eigenvalue weighted by Crippen LogP contribution is -2.59. The summed E-state index contributed by atoms with van der Waals surface area (Å²) in [6.45, 7) is 1.24. The van der Waals surface area contributed by atoms with Gasteiger partial charge in [-0.05, 0) is 68.5 Å². The van der Waals surface area contributed by atoms with Crippen LogP contribution in [-0.2, 0) is 11.8 Å². The normalized spacial score (nSPS) is 37.5. The third-order valence-electron chi connectivity index (χ3n) is 6.09. The molecular formula is C17H23NO. The second-order valence-electron chi connectivity index (χ2n) is 6.85. The number of hydrogen-bond acceptors (Lipinski definition) is 2. The quantitative estimate of drug-likeness (QED) is 0.772. The molecule has 0 spiro atoms. The van der Waals surface area contributed by atoms with Crippen molar-refractivity contribution in [2.75, 3.05) is 13.6 Å². The van der Waals surface area contributed by atoms with Crippen molar-refractivity contribution in [3.8, 4) is 5.75 Å². The third kappa shape index (κ3) is 1.53. The van der Waals surface area contributed by atoms with Gasteiger partial charge in [0.15, 0.2) is 0 Å². The van der Waals surface area contributed by atoms with Crippen LogP contribution in [0.3, 0.4) is 0 Å². The Kier molecular flexibility index (Phi) is 2.47. The highest BCUT2D eigenvalue weighted by molar-refractivity contribution is 5.44. The van der Waals surface area contributed by atoms with Crippen molar-refractivity contribution >= 4 is 0 Å². The van der Waals surface area contributed by atoms with Crippen LogP contribution in [0.25, 0.3) is 0 Å². The molecule has 0 amide bonds.